The van der Waals surface area contributed by atoms with Gasteiger partial charge < -0.3 is 5.32 Å². The van der Waals surface area contributed by atoms with Crippen molar-refractivity contribution in [3.63, 3.8) is 0 Å². The second-order valence-electron chi connectivity index (χ2n) is 6.20. The summed E-state index contributed by atoms with van der Waals surface area (Å²) in [5.74, 6) is 0. The van der Waals surface area contributed by atoms with Gasteiger partial charge in [0.25, 0.3) is 0 Å². The molecule has 0 radical (unpaired) electrons. The lowest BCUT2D eigenvalue weighted by molar-refractivity contribution is 0.0803. The topological polar surface area (TPSA) is 15.3 Å². The van der Waals surface area contributed by atoms with Crippen LogP contribution >= 0.6 is 11.6 Å². The Morgan fingerprint density at radius 3 is 2.80 bits per heavy atom. The van der Waals surface area contributed by atoms with Gasteiger partial charge in [-0.15, -0.1) is 0 Å². The van der Waals surface area contributed by atoms with Crippen LogP contribution in [0.3, 0.4) is 0 Å². The van der Waals surface area contributed by atoms with Crippen molar-refractivity contribution in [2.75, 3.05) is 13.1 Å². The summed E-state index contributed by atoms with van der Waals surface area (Å²) >= 11 is 6.40. The van der Waals surface area contributed by atoms with Gasteiger partial charge in [-0.1, -0.05) is 36.2 Å². The van der Waals surface area contributed by atoms with Crippen LogP contribution in [-0.2, 0) is 0 Å². The minimum absolute atomic E-state index is 0.413. The molecule has 3 unspecified atom stereocenters. The molecule has 2 saturated heterocycles. The highest BCUT2D eigenvalue weighted by molar-refractivity contribution is 6.31. The molecule has 2 aliphatic rings. The fourth-order valence-corrected chi connectivity index (χ4v) is 4.22. The number of halogens is 1. The van der Waals surface area contributed by atoms with Crippen LogP contribution in [0.4, 0.5) is 0 Å². The minimum Gasteiger partial charge on any atom is -0.312 e. The molecule has 0 bridgehead atoms. The molecule has 2 heterocycles. The van der Waals surface area contributed by atoms with Gasteiger partial charge in [0, 0.05) is 23.1 Å². The maximum Gasteiger partial charge on any atom is 0.0453 e. The Bertz CT molecular complexity index is 442. The number of piperidine rings is 1. The summed E-state index contributed by atoms with van der Waals surface area (Å²) in [5.41, 5.74) is 1.28. The molecule has 110 valence electrons. The van der Waals surface area contributed by atoms with Gasteiger partial charge in [-0.25, -0.2) is 0 Å². The zero-order valence-electron chi connectivity index (χ0n) is 12.3. The van der Waals surface area contributed by atoms with E-state index in [-0.39, 0.29) is 0 Å². The molecule has 1 N–H and O–H groups in total. The van der Waals surface area contributed by atoms with Crippen molar-refractivity contribution in [2.45, 2.75) is 57.2 Å². The summed E-state index contributed by atoms with van der Waals surface area (Å²) in [6.45, 7) is 4.71. The molecule has 0 aromatic heterocycles. The second kappa shape index (κ2) is 6.46. The van der Waals surface area contributed by atoms with E-state index >= 15 is 0 Å². The fourth-order valence-electron chi connectivity index (χ4n) is 3.93. The molecule has 0 spiro atoms. The lowest BCUT2D eigenvalue weighted by Gasteiger charge is -2.43. The largest absolute Gasteiger partial charge is 0.312 e. The van der Waals surface area contributed by atoms with Crippen LogP contribution in [0.25, 0.3) is 0 Å². The SMILES string of the molecule is CC(c1ccccc1Cl)N1CCCCC1C1CCCN1. The molecule has 1 aromatic carbocycles. The summed E-state index contributed by atoms with van der Waals surface area (Å²) < 4.78 is 0. The average Bonchev–Trinajstić information content (AvgIpc) is 3.01. The first-order chi connectivity index (χ1) is 9.77. The molecule has 3 heteroatoms. The van der Waals surface area contributed by atoms with E-state index in [1.54, 1.807) is 0 Å². The molecular weight excluding hydrogens is 268 g/mol. The first kappa shape index (κ1) is 14.4. The third-order valence-electron chi connectivity index (χ3n) is 5.01. The Labute approximate surface area is 127 Å². The van der Waals surface area contributed by atoms with E-state index in [9.17, 15) is 0 Å². The van der Waals surface area contributed by atoms with E-state index in [1.807, 2.05) is 12.1 Å². The van der Waals surface area contributed by atoms with Crippen LogP contribution in [0, 0.1) is 0 Å². The number of hydrogen-bond donors (Lipinski definition) is 1. The molecule has 3 rings (SSSR count). The summed E-state index contributed by atoms with van der Waals surface area (Å²) in [4.78, 5) is 2.69. The van der Waals surface area contributed by atoms with Crippen molar-refractivity contribution < 1.29 is 0 Å². The molecule has 2 fully saturated rings. The number of rotatable bonds is 3. The number of nitrogens with zero attached hydrogens (tertiary/aromatic N) is 1. The summed E-state index contributed by atoms with van der Waals surface area (Å²) in [6.07, 6.45) is 6.67. The van der Waals surface area contributed by atoms with Gasteiger partial charge >= 0.3 is 0 Å². The number of hydrogen-bond acceptors (Lipinski definition) is 2. The van der Waals surface area contributed by atoms with Crippen LogP contribution in [0.5, 0.6) is 0 Å². The zero-order valence-corrected chi connectivity index (χ0v) is 13.1. The third kappa shape index (κ3) is 2.88. The van der Waals surface area contributed by atoms with Crippen LogP contribution < -0.4 is 5.32 Å². The zero-order chi connectivity index (χ0) is 13.9. The first-order valence-electron chi connectivity index (χ1n) is 8.01. The van der Waals surface area contributed by atoms with Gasteiger partial charge in [0.15, 0.2) is 0 Å². The van der Waals surface area contributed by atoms with E-state index in [4.69, 9.17) is 11.6 Å². The Morgan fingerprint density at radius 1 is 1.20 bits per heavy atom. The Kier molecular flexibility index (Phi) is 4.65. The smallest absolute Gasteiger partial charge is 0.0453 e. The molecule has 2 aliphatic heterocycles. The Balaban J connectivity index is 1.80. The number of nitrogens with one attached hydrogen (secondary N) is 1. The molecule has 1 aromatic rings. The van der Waals surface area contributed by atoms with Gasteiger partial charge in [0.05, 0.1) is 0 Å². The minimum atomic E-state index is 0.413. The summed E-state index contributed by atoms with van der Waals surface area (Å²) in [7, 11) is 0. The van der Waals surface area contributed by atoms with E-state index in [1.165, 1.54) is 50.8 Å². The van der Waals surface area contributed by atoms with Gasteiger partial charge in [0.1, 0.15) is 0 Å². The third-order valence-corrected chi connectivity index (χ3v) is 5.35. The maximum atomic E-state index is 6.40. The van der Waals surface area contributed by atoms with Crippen LogP contribution in [-0.4, -0.2) is 30.1 Å². The van der Waals surface area contributed by atoms with Gasteiger partial charge in [-0.05, 0) is 57.3 Å². The molecular formula is C17H25ClN2. The van der Waals surface area contributed by atoms with Crippen LogP contribution in [0.1, 0.15) is 50.6 Å². The average molecular weight is 293 g/mol. The lowest BCUT2D eigenvalue weighted by Crippen LogP contribution is -2.50. The summed E-state index contributed by atoms with van der Waals surface area (Å²) in [5, 5.41) is 4.61. The molecule has 20 heavy (non-hydrogen) atoms. The molecule has 0 amide bonds. The lowest BCUT2D eigenvalue weighted by atomic mass is 9.91. The normalized spacial score (nSPS) is 29.5. The van der Waals surface area contributed by atoms with Crippen molar-refractivity contribution in [2.24, 2.45) is 0 Å². The van der Waals surface area contributed by atoms with Crippen molar-refractivity contribution in [1.29, 1.82) is 0 Å². The maximum absolute atomic E-state index is 6.40. The highest BCUT2D eigenvalue weighted by Crippen LogP contribution is 2.34. The summed E-state index contributed by atoms with van der Waals surface area (Å²) in [6, 6.07) is 10.1. The van der Waals surface area contributed by atoms with Crippen molar-refractivity contribution in [3.05, 3.63) is 34.9 Å². The van der Waals surface area contributed by atoms with E-state index < -0.39 is 0 Å². The highest BCUT2D eigenvalue weighted by atomic mass is 35.5. The van der Waals surface area contributed by atoms with Crippen molar-refractivity contribution >= 4 is 11.6 Å². The first-order valence-corrected chi connectivity index (χ1v) is 8.39. The van der Waals surface area contributed by atoms with E-state index in [2.05, 4.69) is 29.3 Å². The van der Waals surface area contributed by atoms with Crippen LogP contribution in [0.2, 0.25) is 5.02 Å². The molecule has 2 nitrogen and oxygen atoms in total. The molecule has 3 atom stereocenters. The van der Waals surface area contributed by atoms with Gasteiger partial charge in [0.2, 0.25) is 0 Å². The number of likely N-dealkylation sites (tertiary alicyclic amines) is 1. The quantitative estimate of drug-likeness (QED) is 0.905. The van der Waals surface area contributed by atoms with E-state index in [0.717, 1.165) is 5.02 Å². The standard InChI is InChI=1S/C17H25ClN2/c1-13(14-7-2-3-8-15(14)18)20-12-5-4-10-17(20)16-9-6-11-19-16/h2-3,7-8,13,16-17,19H,4-6,9-12H2,1H3. The van der Waals surface area contributed by atoms with Crippen molar-refractivity contribution in [3.8, 4) is 0 Å². The highest BCUT2D eigenvalue weighted by Gasteiger charge is 2.34. The molecule has 0 saturated carbocycles. The van der Waals surface area contributed by atoms with Crippen molar-refractivity contribution in [1.82, 2.24) is 10.2 Å². The van der Waals surface area contributed by atoms with Gasteiger partial charge in [-0.2, -0.15) is 0 Å². The predicted molar refractivity (Wildman–Crippen MR) is 85.2 cm³/mol. The Hall–Kier alpha value is -0.570. The fraction of sp³-hybridized carbons (Fsp3) is 0.647. The van der Waals surface area contributed by atoms with Crippen LogP contribution in [0.15, 0.2) is 24.3 Å². The Morgan fingerprint density at radius 2 is 2.05 bits per heavy atom. The van der Waals surface area contributed by atoms with Gasteiger partial charge in [-0.3, -0.25) is 4.90 Å². The monoisotopic (exact) mass is 292 g/mol. The second-order valence-corrected chi connectivity index (χ2v) is 6.61. The predicted octanol–water partition coefficient (Wildman–Crippen LogP) is 4.01. The van der Waals surface area contributed by atoms with E-state index in [0.29, 0.717) is 18.1 Å². The molecule has 0 aliphatic carbocycles. The number of benzene rings is 1.